The van der Waals surface area contributed by atoms with Gasteiger partial charge in [-0.15, -0.1) is 0 Å². The van der Waals surface area contributed by atoms with Crippen LogP contribution in [-0.4, -0.2) is 123 Å². The molecule has 4 aliphatic carbocycles. The van der Waals surface area contributed by atoms with Crippen LogP contribution in [0.4, 0.5) is 0 Å². The lowest BCUT2D eigenvalue weighted by Crippen LogP contribution is -2.56. The Kier molecular flexibility index (Phi) is 21.7. The van der Waals surface area contributed by atoms with Crippen LogP contribution in [0.3, 0.4) is 0 Å². The highest BCUT2D eigenvalue weighted by Gasteiger charge is 2.49. The maximum Gasteiger partial charge on any atom is 0.0106 e. The Balaban J connectivity index is 0.000000209. The maximum absolute atomic E-state index is 3.51. The van der Waals surface area contributed by atoms with Gasteiger partial charge in [-0.05, 0) is 202 Å². The summed E-state index contributed by atoms with van der Waals surface area (Å²) in [6, 6.07) is 1.72. The van der Waals surface area contributed by atoms with Gasteiger partial charge in [0.05, 0.1) is 0 Å². The fourth-order valence-electron chi connectivity index (χ4n) is 12.4. The molecule has 2 radical (unpaired) electrons. The first-order valence-corrected chi connectivity index (χ1v) is 27.0. The monoisotopic (exact) mass is 847 g/mol. The van der Waals surface area contributed by atoms with Crippen molar-refractivity contribution in [1.29, 1.82) is 0 Å². The standard InChI is InChI=1S/2C25H44N3.C3H8.C2H6/c2*1-4-13-28(19-24(20(2)3)22-5-6-22)23-16-25(17-23)9-14-27(15-10-25)18-21-7-11-26-12-8-21;1-3-2;1-2/h2*5-6,20-21,23-24,26H,4,7-19H2,1-3H3;3H2,1-2H3;1-2H3/t2*24-;;/m10../s1. The number of nitrogens with zero attached hydrogens (tertiary/aromatic N) is 4. The minimum absolute atomic E-state index is 0.694. The Morgan fingerprint density at radius 1 is 0.574 bits per heavy atom. The third kappa shape index (κ3) is 15.7. The van der Waals surface area contributed by atoms with Crippen LogP contribution in [0.1, 0.15) is 166 Å². The molecule has 2 saturated carbocycles. The van der Waals surface area contributed by atoms with Gasteiger partial charge in [-0.1, -0.05) is 99.0 Å². The van der Waals surface area contributed by atoms with E-state index in [2.05, 4.69) is 111 Å². The van der Waals surface area contributed by atoms with Gasteiger partial charge >= 0.3 is 0 Å². The summed E-state index contributed by atoms with van der Waals surface area (Å²) in [5.41, 5.74) is 4.63. The highest BCUT2D eigenvalue weighted by atomic mass is 15.2. The maximum atomic E-state index is 3.51. The van der Waals surface area contributed by atoms with Crippen LogP contribution in [0.15, 0.2) is 23.3 Å². The largest absolute Gasteiger partial charge is 0.317 e. The van der Waals surface area contributed by atoms with E-state index >= 15 is 0 Å². The molecular weight excluding hydrogens is 745 g/mol. The van der Waals surface area contributed by atoms with Crippen molar-refractivity contribution in [3.63, 3.8) is 0 Å². The minimum atomic E-state index is 0.694. The summed E-state index contributed by atoms with van der Waals surface area (Å²) >= 11 is 0. The highest BCUT2D eigenvalue weighted by Crippen LogP contribution is 2.53. The molecule has 0 bridgehead atoms. The van der Waals surface area contributed by atoms with Gasteiger partial charge in [0.1, 0.15) is 0 Å². The van der Waals surface area contributed by atoms with Crippen molar-refractivity contribution in [2.24, 2.45) is 46.3 Å². The van der Waals surface area contributed by atoms with Crippen LogP contribution in [-0.2, 0) is 0 Å². The van der Waals surface area contributed by atoms with E-state index in [1.807, 2.05) is 13.8 Å². The summed E-state index contributed by atoms with van der Waals surface area (Å²) in [6.45, 7) is 40.9. The third-order valence-corrected chi connectivity index (χ3v) is 16.6. The van der Waals surface area contributed by atoms with Crippen LogP contribution in [0, 0.1) is 59.2 Å². The SMILES string of the molecule is CC.CCC.CCCN(C[C@@H](C1=C[CH]1)C(C)C)C1CC2(CCN(CC3CCNCC3)CC2)C1.CCCN(C[C@H](C1=C[CH]1)C(C)C)C1CC2(CCN(CC3CCNCC3)CC2)C1. The fourth-order valence-corrected chi connectivity index (χ4v) is 12.4. The van der Waals surface area contributed by atoms with Crippen LogP contribution in [0.5, 0.6) is 0 Å². The number of hydrogen-bond donors (Lipinski definition) is 2. The number of allylic oxidation sites excluding steroid dienone is 2. The molecule has 6 heteroatoms. The number of hydrogen-bond acceptors (Lipinski definition) is 6. The Morgan fingerprint density at radius 3 is 1.15 bits per heavy atom. The van der Waals surface area contributed by atoms with E-state index in [4.69, 9.17) is 0 Å². The van der Waals surface area contributed by atoms with Crippen molar-refractivity contribution in [1.82, 2.24) is 30.2 Å². The minimum Gasteiger partial charge on any atom is -0.317 e. The predicted molar refractivity (Wildman–Crippen MR) is 266 cm³/mol. The van der Waals surface area contributed by atoms with Crippen molar-refractivity contribution in [2.45, 2.75) is 178 Å². The second-order valence-corrected chi connectivity index (χ2v) is 22.2. The molecule has 0 unspecified atom stereocenters. The molecule has 8 rings (SSSR count). The lowest BCUT2D eigenvalue weighted by molar-refractivity contribution is -0.0494. The summed E-state index contributed by atoms with van der Waals surface area (Å²) in [4.78, 5) is 11.3. The molecule has 2 atom stereocenters. The zero-order valence-electron chi connectivity index (χ0n) is 42.2. The summed E-state index contributed by atoms with van der Waals surface area (Å²) in [5, 5.41) is 7.02. The summed E-state index contributed by atoms with van der Waals surface area (Å²) in [6.07, 6.45) is 30.5. The van der Waals surface area contributed by atoms with Crippen molar-refractivity contribution in [2.75, 3.05) is 91.6 Å². The van der Waals surface area contributed by atoms with E-state index in [1.165, 1.54) is 188 Å². The van der Waals surface area contributed by atoms with Gasteiger partial charge < -0.3 is 20.4 Å². The topological polar surface area (TPSA) is 37.0 Å². The molecule has 6 nitrogen and oxygen atoms in total. The van der Waals surface area contributed by atoms with Gasteiger partial charge in [-0.25, -0.2) is 0 Å². The summed E-state index contributed by atoms with van der Waals surface area (Å²) in [7, 11) is 0. The Hall–Kier alpha value is -0.760. The van der Waals surface area contributed by atoms with Crippen LogP contribution in [0.2, 0.25) is 0 Å². The van der Waals surface area contributed by atoms with Crippen molar-refractivity contribution in [3.8, 4) is 0 Å². The first-order valence-electron chi connectivity index (χ1n) is 27.0. The summed E-state index contributed by atoms with van der Waals surface area (Å²) in [5.74, 6) is 4.94. The summed E-state index contributed by atoms with van der Waals surface area (Å²) < 4.78 is 0. The molecule has 0 aromatic carbocycles. The number of piperidine rings is 4. The van der Waals surface area contributed by atoms with Crippen LogP contribution >= 0.6 is 0 Å². The zero-order valence-corrected chi connectivity index (χ0v) is 42.2. The fraction of sp³-hybridized carbons (Fsp3) is 0.891. The molecule has 2 spiro atoms. The average molecular weight is 847 g/mol. The molecule has 0 amide bonds. The Bertz CT molecular complexity index is 1150. The molecule has 0 aromatic rings. The van der Waals surface area contributed by atoms with Crippen LogP contribution in [0.25, 0.3) is 0 Å². The quantitative estimate of drug-likeness (QED) is 0.143. The molecule has 61 heavy (non-hydrogen) atoms. The lowest BCUT2D eigenvalue weighted by atomic mass is 9.59. The number of likely N-dealkylation sites (tertiary alicyclic amines) is 2. The zero-order chi connectivity index (χ0) is 43.8. The second-order valence-electron chi connectivity index (χ2n) is 22.2. The van der Waals surface area contributed by atoms with Crippen molar-refractivity contribution < 1.29 is 0 Å². The molecule has 8 aliphatic rings. The van der Waals surface area contributed by atoms with Gasteiger partial charge in [-0.2, -0.15) is 0 Å². The lowest BCUT2D eigenvalue weighted by Gasteiger charge is -2.56. The number of rotatable bonds is 18. The van der Waals surface area contributed by atoms with Gasteiger partial charge in [0.2, 0.25) is 0 Å². The smallest absolute Gasteiger partial charge is 0.0106 e. The van der Waals surface area contributed by atoms with E-state index < -0.39 is 0 Å². The number of nitrogens with one attached hydrogen (secondary N) is 2. The Morgan fingerprint density at radius 2 is 0.885 bits per heavy atom. The molecule has 6 fully saturated rings. The van der Waals surface area contributed by atoms with Gasteiger partial charge in [0.15, 0.2) is 0 Å². The van der Waals surface area contributed by atoms with Gasteiger partial charge in [0.25, 0.3) is 0 Å². The first-order chi connectivity index (χ1) is 29.6. The van der Waals surface area contributed by atoms with Gasteiger partial charge in [-0.3, -0.25) is 9.80 Å². The molecule has 0 aromatic heterocycles. The Labute approximate surface area is 380 Å². The second kappa shape index (κ2) is 25.8. The van der Waals surface area contributed by atoms with E-state index in [0.717, 1.165) is 47.6 Å². The van der Waals surface area contributed by atoms with Crippen LogP contribution < -0.4 is 10.6 Å². The molecule has 352 valence electrons. The van der Waals surface area contributed by atoms with E-state index in [9.17, 15) is 0 Å². The van der Waals surface area contributed by atoms with E-state index in [1.54, 1.807) is 11.1 Å². The predicted octanol–water partition coefficient (Wildman–Crippen LogP) is 11.2. The molecule has 4 saturated heterocycles. The molecule has 4 heterocycles. The van der Waals surface area contributed by atoms with E-state index in [0.29, 0.717) is 10.8 Å². The molecule has 4 aliphatic heterocycles. The van der Waals surface area contributed by atoms with E-state index in [-0.39, 0.29) is 0 Å². The molecule has 2 N–H and O–H groups in total. The van der Waals surface area contributed by atoms with Gasteiger partial charge in [0, 0.05) is 51.1 Å². The van der Waals surface area contributed by atoms with Crippen molar-refractivity contribution in [3.05, 3.63) is 36.1 Å². The third-order valence-electron chi connectivity index (χ3n) is 16.6. The average Bonchev–Trinajstić information content (AvgIpc) is 4.19. The first kappa shape index (κ1) is 51.2. The van der Waals surface area contributed by atoms with Crippen molar-refractivity contribution >= 4 is 0 Å². The highest BCUT2D eigenvalue weighted by molar-refractivity contribution is 5.42. The molecular formula is C55H102N6. The normalized spacial score (nSPS) is 26.3.